The van der Waals surface area contributed by atoms with Gasteiger partial charge in [-0.05, 0) is 44.9 Å². The van der Waals surface area contributed by atoms with Crippen LogP contribution in [-0.2, 0) is 17.1 Å². The van der Waals surface area contributed by atoms with E-state index in [2.05, 4.69) is 5.32 Å². The molecule has 0 unspecified atom stereocenters. The molecular formula is C20H19ClF4N4O3S. The summed E-state index contributed by atoms with van der Waals surface area (Å²) in [7, 11) is -3.40. The van der Waals surface area contributed by atoms with Crippen molar-refractivity contribution in [1.82, 2.24) is 9.29 Å². The molecule has 1 fully saturated rings. The average molecular weight is 507 g/mol. The van der Waals surface area contributed by atoms with Gasteiger partial charge in [-0.3, -0.25) is 4.79 Å². The van der Waals surface area contributed by atoms with E-state index >= 15 is 0 Å². The van der Waals surface area contributed by atoms with E-state index in [1.54, 1.807) is 10.8 Å². The maximum atomic E-state index is 13.5. The lowest BCUT2D eigenvalue weighted by Gasteiger charge is -2.28. The van der Waals surface area contributed by atoms with Crippen molar-refractivity contribution in [2.24, 2.45) is 7.05 Å². The highest BCUT2D eigenvalue weighted by Gasteiger charge is 2.51. The third-order valence-electron chi connectivity index (χ3n) is 5.23. The molecule has 1 aromatic heterocycles. The van der Waals surface area contributed by atoms with Crippen molar-refractivity contribution in [2.45, 2.75) is 49.2 Å². The lowest BCUT2D eigenvalue weighted by atomic mass is 10.1. The Kier molecular flexibility index (Phi) is 6.29. The maximum Gasteiger partial charge on any atom is 0.407 e. The second kappa shape index (κ2) is 8.30. The number of hydrogen-bond donors (Lipinski definition) is 2. The van der Waals surface area contributed by atoms with Crippen LogP contribution in [0, 0.1) is 17.1 Å². The molecule has 3 rings (SSSR count). The van der Waals surface area contributed by atoms with Crippen molar-refractivity contribution in [3.05, 3.63) is 46.0 Å². The van der Waals surface area contributed by atoms with Crippen LogP contribution >= 0.6 is 11.6 Å². The molecule has 1 amide bonds. The van der Waals surface area contributed by atoms with Gasteiger partial charge in [0.25, 0.3) is 5.91 Å². The van der Waals surface area contributed by atoms with Crippen molar-refractivity contribution in [3.8, 4) is 6.07 Å². The Labute approximate surface area is 192 Å². The Morgan fingerprint density at radius 1 is 1.27 bits per heavy atom. The molecule has 1 aromatic carbocycles. The Morgan fingerprint density at radius 3 is 2.39 bits per heavy atom. The molecule has 1 aliphatic carbocycles. The highest BCUT2D eigenvalue weighted by Crippen LogP contribution is 2.47. The third-order valence-corrected chi connectivity index (χ3v) is 7.44. The summed E-state index contributed by atoms with van der Waals surface area (Å²) in [6.45, 7) is 1.35. The second-order valence-corrected chi connectivity index (χ2v) is 10.2. The third kappa shape index (κ3) is 4.71. The van der Waals surface area contributed by atoms with Gasteiger partial charge in [-0.25, -0.2) is 12.8 Å². The molecule has 0 spiro atoms. The number of nitrogens with zero attached hydrogens (tertiary/aromatic N) is 2. The predicted molar refractivity (Wildman–Crippen MR) is 112 cm³/mol. The molecule has 0 bridgehead atoms. The number of nitrogens with one attached hydrogen (secondary N) is 2. The lowest BCUT2D eigenvalue weighted by Crippen LogP contribution is -2.54. The first-order valence-electron chi connectivity index (χ1n) is 9.60. The molecule has 0 aliphatic heterocycles. The van der Waals surface area contributed by atoms with Gasteiger partial charge in [-0.15, -0.1) is 0 Å². The molecule has 0 atom stereocenters. The Bertz CT molecular complexity index is 1280. The summed E-state index contributed by atoms with van der Waals surface area (Å²) in [4.78, 5) is 12.3. The van der Waals surface area contributed by atoms with Gasteiger partial charge in [0.2, 0.25) is 10.0 Å². The molecule has 1 heterocycles. The number of aromatic nitrogens is 1. The van der Waals surface area contributed by atoms with E-state index in [4.69, 9.17) is 16.9 Å². The van der Waals surface area contributed by atoms with Gasteiger partial charge in [0.05, 0.1) is 10.6 Å². The second-order valence-electron chi connectivity index (χ2n) is 8.20. The minimum atomic E-state index is -4.89. The van der Waals surface area contributed by atoms with Crippen LogP contribution < -0.4 is 10.0 Å². The van der Waals surface area contributed by atoms with Crippen LogP contribution in [0.2, 0.25) is 5.02 Å². The number of rotatable bonds is 6. The number of nitriles is 1. The molecule has 33 heavy (non-hydrogen) atoms. The zero-order chi connectivity index (χ0) is 24.9. The molecule has 2 aromatic rings. The number of anilines is 1. The number of carbonyl (C=O) groups excluding carboxylic acids is 1. The van der Waals surface area contributed by atoms with E-state index < -0.39 is 43.4 Å². The number of amides is 1. The summed E-state index contributed by atoms with van der Waals surface area (Å²) in [5.41, 5.74) is -3.26. The van der Waals surface area contributed by atoms with E-state index in [9.17, 15) is 30.8 Å². The molecule has 0 saturated heterocycles. The highest BCUT2D eigenvalue weighted by atomic mass is 35.5. The topological polar surface area (TPSA) is 104 Å². The number of halogens is 5. The zero-order valence-corrected chi connectivity index (χ0v) is 19.2. The minimum absolute atomic E-state index is 0.0453. The molecule has 7 nitrogen and oxygen atoms in total. The van der Waals surface area contributed by atoms with Gasteiger partial charge in [0.15, 0.2) is 0 Å². The van der Waals surface area contributed by atoms with Crippen molar-refractivity contribution >= 4 is 33.2 Å². The van der Waals surface area contributed by atoms with E-state index in [0.717, 1.165) is 12.1 Å². The van der Waals surface area contributed by atoms with Crippen LogP contribution in [0.4, 0.5) is 23.2 Å². The Hall–Kier alpha value is -2.62. The van der Waals surface area contributed by atoms with E-state index in [1.807, 2.05) is 0 Å². The SMILES string of the molecule is Cn1c(C(=O)Nc2ccc(F)c(C#N)c2)c(Cl)c(S(=O)(=O)NC(C)(C)C(F)(F)F)c1C1CC1. The largest absolute Gasteiger partial charge is 0.407 e. The summed E-state index contributed by atoms with van der Waals surface area (Å²) in [5, 5.41) is 10.8. The lowest BCUT2D eigenvalue weighted by molar-refractivity contribution is -0.180. The van der Waals surface area contributed by atoms with Crippen molar-refractivity contribution in [1.29, 1.82) is 5.26 Å². The maximum absolute atomic E-state index is 13.5. The first-order chi connectivity index (χ1) is 15.1. The fraction of sp³-hybridized carbons (Fsp3) is 0.400. The van der Waals surface area contributed by atoms with Crippen molar-refractivity contribution in [2.75, 3.05) is 5.32 Å². The van der Waals surface area contributed by atoms with Gasteiger partial charge >= 0.3 is 6.18 Å². The molecule has 178 valence electrons. The number of sulfonamides is 1. The van der Waals surface area contributed by atoms with Gasteiger partial charge in [0, 0.05) is 24.3 Å². The standard InChI is InChI=1S/C20H19ClF4N4O3S/c1-19(2,20(23,24)25)28-33(31,32)17-14(21)16(29(3)15(17)10-4-5-10)18(30)27-12-6-7-13(22)11(8-12)9-26/h6-8,10,28H,4-5H2,1-3H3,(H,27,30). The van der Waals surface area contributed by atoms with Gasteiger partial charge < -0.3 is 9.88 Å². The van der Waals surface area contributed by atoms with Crippen LogP contribution in [-0.4, -0.2) is 30.6 Å². The van der Waals surface area contributed by atoms with E-state index in [1.165, 1.54) is 17.7 Å². The van der Waals surface area contributed by atoms with Crippen molar-refractivity contribution in [3.63, 3.8) is 0 Å². The van der Waals surface area contributed by atoms with Crippen LogP contribution in [0.5, 0.6) is 0 Å². The van der Waals surface area contributed by atoms with Gasteiger partial charge in [-0.1, -0.05) is 11.6 Å². The summed E-state index contributed by atoms with van der Waals surface area (Å²) >= 11 is 6.28. The molecule has 0 radical (unpaired) electrons. The zero-order valence-electron chi connectivity index (χ0n) is 17.6. The predicted octanol–water partition coefficient (Wildman–Crippen LogP) is 4.44. The first-order valence-corrected chi connectivity index (χ1v) is 11.5. The quantitative estimate of drug-likeness (QED) is 0.565. The van der Waals surface area contributed by atoms with Crippen LogP contribution in [0.15, 0.2) is 23.1 Å². The Morgan fingerprint density at radius 2 is 1.88 bits per heavy atom. The summed E-state index contributed by atoms with van der Waals surface area (Å²) in [6.07, 6.45) is -3.74. The Balaban J connectivity index is 2.07. The molecule has 1 saturated carbocycles. The fourth-order valence-electron chi connectivity index (χ4n) is 3.29. The monoisotopic (exact) mass is 506 g/mol. The van der Waals surface area contributed by atoms with Crippen molar-refractivity contribution < 1.29 is 30.8 Å². The summed E-state index contributed by atoms with van der Waals surface area (Å²) < 4.78 is 82.4. The number of alkyl halides is 3. The van der Waals surface area contributed by atoms with Crippen LogP contribution in [0.1, 0.15) is 54.4 Å². The van der Waals surface area contributed by atoms with Gasteiger partial charge in [0.1, 0.15) is 28.0 Å². The van der Waals surface area contributed by atoms with Crippen LogP contribution in [0.25, 0.3) is 0 Å². The normalized spacial score (nSPS) is 14.8. The number of benzene rings is 1. The molecule has 2 N–H and O–H groups in total. The summed E-state index contributed by atoms with van der Waals surface area (Å²) in [6, 6.07) is 4.86. The smallest absolute Gasteiger partial charge is 0.341 e. The van der Waals surface area contributed by atoms with E-state index in [-0.39, 0.29) is 28.6 Å². The highest BCUT2D eigenvalue weighted by molar-refractivity contribution is 7.89. The fourth-order valence-corrected chi connectivity index (χ4v) is 5.70. The summed E-state index contributed by atoms with van der Waals surface area (Å²) in [5.74, 6) is -1.97. The molecule has 1 aliphatic rings. The average Bonchev–Trinajstić information content (AvgIpc) is 3.46. The van der Waals surface area contributed by atoms with E-state index in [0.29, 0.717) is 26.7 Å². The minimum Gasteiger partial charge on any atom is -0.341 e. The van der Waals surface area contributed by atoms with Crippen LogP contribution in [0.3, 0.4) is 0 Å². The number of carbonyl (C=O) groups is 1. The molecular weight excluding hydrogens is 488 g/mol. The number of hydrogen-bond acceptors (Lipinski definition) is 4. The first kappa shape index (κ1) is 25.0. The van der Waals surface area contributed by atoms with Gasteiger partial charge in [-0.2, -0.15) is 23.2 Å². The molecule has 13 heteroatoms.